The second kappa shape index (κ2) is 7.19. The van der Waals surface area contributed by atoms with Crippen LogP contribution in [-0.4, -0.2) is 10.8 Å². The van der Waals surface area contributed by atoms with Crippen LogP contribution in [0.1, 0.15) is 16.7 Å². The SMILES string of the molecule is Cc1cc(Br)cc(C)c1NC(=O)C=Cc1cccc([N+](=O)[O-])c1. The first-order valence-corrected chi connectivity index (χ1v) is 7.66. The molecule has 0 aromatic heterocycles. The molecule has 0 bridgehead atoms. The van der Waals surface area contributed by atoms with Crippen molar-refractivity contribution in [3.63, 3.8) is 0 Å². The zero-order valence-electron chi connectivity index (χ0n) is 12.7. The highest BCUT2D eigenvalue weighted by Crippen LogP contribution is 2.25. The Kier molecular flexibility index (Phi) is 5.28. The summed E-state index contributed by atoms with van der Waals surface area (Å²) in [6, 6.07) is 9.96. The van der Waals surface area contributed by atoms with Crippen molar-refractivity contribution in [2.45, 2.75) is 13.8 Å². The first kappa shape index (κ1) is 16.9. The lowest BCUT2D eigenvalue weighted by Crippen LogP contribution is -2.10. The van der Waals surface area contributed by atoms with Gasteiger partial charge < -0.3 is 5.32 Å². The van der Waals surface area contributed by atoms with E-state index >= 15 is 0 Å². The summed E-state index contributed by atoms with van der Waals surface area (Å²) < 4.78 is 0.956. The van der Waals surface area contributed by atoms with Crippen LogP contribution in [0.15, 0.2) is 46.9 Å². The third-order valence-corrected chi connectivity index (χ3v) is 3.71. The number of benzene rings is 2. The Balaban J connectivity index is 2.14. The summed E-state index contributed by atoms with van der Waals surface area (Å²) in [6.45, 7) is 3.83. The van der Waals surface area contributed by atoms with Gasteiger partial charge in [-0.15, -0.1) is 0 Å². The van der Waals surface area contributed by atoms with Crippen LogP contribution in [0.4, 0.5) is 11.4 Å². The van der Waals surface area contributed by atoms with Crippen molar-refractivity contribution in [2.24, 2.45) is 0 Å². The van der Waals surface area contributed by atoms with Gasteiger partial charge in [0.15, 0.2) is 0 Å². The predicted molar refractivity (Wildman–Crippen MR) is 94.4 cm³/mol. The van der Waals surface area contributed by atoms with E-state index in [-0.39, 0.29) is 11.6 Å². The maximum Gasteiger partial charge on any atom is 0.270 e. The molecule has 1 N–H and O–H groups in total. The minimum Gasteiger partial charge on any atom is -0.322 e. The maximum absolute atomic E-state index is 12.1. The van der Waals surface area contributed by atoms with E-state index in [1.807, 2.05) is 26.0 Å². The summed E-state index contributed by atoms with van der Waals surface area (Å²) in [6.07, 6.45) is 2.91. The van der Waals surface area contributed by atoms with Crippen molar-refractivity contribution < 1.29 is 9.72 Å². The molecule has 0 heterocycles. The lowest BCUT2D eigenvalue weighted by atomic mass is 10.1. The van der Waals surface area contributed by atoms with Crippen LogP contribution in [0.25, 0.3) is 6.08 Å². The van der Waals surface area contributed by atoms with Gasteiger partial charge in [0.25, 0.3) is 5.69 Å². The Morgan fingerprint density at radius 2 is 1.87 bits per heavy atom. The van der Waals surface area contributed by atoms with Gasteiger partial charge in [-0.25, -0.2) is 0 Å². The van der Waals surface area contributed by atoms with Gasteiger partial charge in [-0.2, -0.15) is 0 Å². The molecule has 0 radical (unpaired) electrons. The predicted octanol–water partition coefficient (Wildman–Crippen LogP) is 4.63. The summed E-state index contributed by atoms with van der Waals surface area (Å²) in [5.41, 5.74) is 3.26. The largest absolute Gasteiger partial charge is 0.322 e. The number of anilines is 1. The zero-order valence-corrected chi connectivity index (χ0v) is 14.3. The molecular formula is C17H15BrN2O3. The first-order chi connectivity index (χ1) is 10.9. The van der Waals surface area contributed by atoms with Crippen LogP contribution >= 0.6 is 15.9 Å². The van der Waals surface area contributed by atoms with Crippen LogP contribution in [0.2, 0.25) is 0 Å². The average molecular weight is 375 g/mol. The molecule has 0 aliphatic rings. The summed E-state index contributed by atoms with van der Waals surface area (Å²) in [5.74, 6) is -0.287. The minimum atomic E-state index is -0.466. The van der Waals surface area contributed by atoms with Gasteiger partial charge in [0, 0.05) is 28.4 Å². The highest BCUT2D eigenvalue weighted by atomic mass is 79.9. The summed E-state index contributed by atoms with van der Waals surface area (Å²) in [4.78, 5) is 22.3. The van der Waals surface area contributed by atoms with Gasteiger partial charge in [0.05, 0.1) is 4.92 Å². The number of nitro groups is 1. The molecule has 0 aliphatic carbocycles. The molecule has 0 aliphatic heterocycles. The Morgan fingerprint density at radius 3 is 2.48 bits per heavy atom. The Labute approximate surface area is 142 Å². The Hall–Kier alpha value is -2.47. The van der Waals surface area contributed by atoms with Crippen LogP contribution < -0.4 is 5.32 Å². The molecule has 0 fully saturated rings. The van der Waals surface area contributed by atoms with Crippen molar-refractivity contribution in [3.8, 4) is 0 Å². The molecule has 0 unspecified atom stereocenters. The number of nitro benzene ring substituents is 1. The van der Waals surface area contributed by atoms with E-state index in [2.05, 4.69) is 21.2 Å². The number of nitrogens with one attached hydrogen (secondary N) is 1. The van der Waals surface area contributed by atoms with Gasteiger partial charge in [-0.3, -0.25) is 14.9 Å². The second-order valence-electron chi connectivity index (χ2n) is 5.09. The highest BCUT2D eigenvalue weighted by Gasteiger charge is 2.07. The summed E-state index contributed by atoms with van der Waals surface area (Å²) in [7, 11) is 0. The minimum absolute atomic E-state index is 0.00726. The molecule has 0 spiro atoms. The monoisotopic (exact) mass is 374 g/mol. The molecule has 118 valence electrons. The number of hydrogen-bond acceptors (Lipinski definition) is 3. The average Bonchev–Trinajstić information content (AvgIpc) is 2.49. The zero-order chi connectivity index (χ0) is 17.0. The molecule has 2 rings (SSSR count). The van der Waals surface area contributed by atoms with Crippen LogP contribution in [0.5, 0.6) is 0 Å². The number of halogens is 1. The Bertz CT molecular complexity index is 777. The van der Waals surface area contributed by atoms with E-state index < -0.39 is 4.92 Å². The summed E-state index contributed by atoms with van der Waals surface area (Å²) >= 11 is 3.41. The van der Waals surface area contributed by atoms with E-state index in [9.17, 15) is 14.9 Å². The van der Waals surface area contributed by atoms with Crippen molar-refractivity contribution in [2.75, 3.05) is 5.32 Å². The van der Waals surface area contributed by atoms with Gasteiger partial charge >= 0.3 is 0 Å². The lowest BCUT2D eigenvalue weighted by molar-refractivity contribution is -0.384. The lowest BCUT2D eigenvalue weighted by Gasteiger charge is -2.10. The molecular weight excluding hydrogens is 360 g/mol. The fraction of sp³-hybridized carbons (Fsp3) is 0.118. The molecule has 0 atom stereocenters. The molecule has 6 heteroatoms. The third kappa shape index (κ3) is 4.50. The quantitative estimate of drug-likeness (QED) is 0.481. The van der Waals surface area contributed by atoms with Gasteiger partial charge in [0.2, 0.25) is 5.91 Å². The normalized spacial score (nSPS) is 10.7. The van der Waals surface area contributed by atoms with Crippen molar-refractivity contribution in [1.82, 2.24) is 0 Å². The molecule has 0 saturated carbocycles. The van der Waals surface area contributed by atoms with Crippen molar-refractivity contribution in [3.05, 3.63) is 73.8 Å². The van der Waals surface area contributed by atoms with Crippen LogP contribution in [0, 0.1) is 24.0 Å². The molecule has 0 saturated heterocycles. The third-order valence-electron chi connectivity index (χ3n) is 3.25. The number of amides is 1. The Morgan fingerprint density at radius 1 is 1.22 bits per heavy atom. The number of hydrogen-bond donors (Lipinski definition) is 1. The first-order valence-electron chi connectivity index (χ1n) is 6.87. The number of non-ortho nitro benzene ring substituents is 1. The van der Waals surface area contributed by atoms with Crippen LogP contribution in [0.3, 0.4) is 0 Å². The van der Waals surface area contributed by atoms with E-state index in [4.69, 9.17) is 0 Å². The molecule has 2 aromatic rings. The summed E-state index contributed by atoms with van der Waals surface area (Å²) in [5, 5.41) is 13.6. The molecule has 2 aromatic carbocycles. The van der Waals surface area contributed by atoms with E-state index in [1.54, 1.807) is 18.2 Å². The number of carbonyl (C=O) groups is 1. The van der Waals surface area contributed by atoms with Gasteiger partial charge in [-0.1, -0.05) is 28.1 Å². The second-order valence-corrected chi connectivity index (χ2v) is 6.00. The fourth-order valence-corrected chi connectivity index (χ4v) is 2.87. The number of rotatable bonds is 4. The molecule has 1 amide bonds. The maximum atomic E-state index is 12.1. The van der Waals surface area contributed by atoms with E-state index in [1.165, 1.54) is 18.2 Å². The fourth-order valence-electron chi connectivity index (χ4n) is 2.19. The standard InChI is InChI=1S/C17H15BrN2O3/c1-11-8-14(18)9-12(2)17(11)19-16(21)7-6-13-4-3-5-15(10-13)20(22)23/h3-10H,1-2H3,(H,19,21). The molecule has 5 nitrogen and oxygen atoms in total. The van der Waals surface area contributed by atoms with Crippen molar-refractivity contribution in [1.29, 1.82) is 0 Å². The van der Waals surface area contributed by atoms with E-state index in [0.717, 1.165) is 21.3 Å². The smallest absolute Gasteiger partial charge is 0.270 e. The highest BCUT2D eigenvalue weighted by molar-refractivity contribution is 9.10. The van der Waals surface area contributed by atoms with Crippen LogP contribution in [-0.2, 0) is 4.79 Å². The van der Waals surface area contributed by atoms with Gasteiger partial charge in [-0.05, 0) is 48.7 Å². The number of aryl methyl sites for hydroxylation is 2. The topological polar surface area (TPSA) is 72.2 Å². The number of carbonyl (C=O) groups excluding carboxylic acids is 1. The van der Waals surface area contributed by atoms with Gasteiger partial charge in [0.1, 0.15) is 0 Å². The van der Waals surface area contributed by atoms with E-state index in [0.29, 0.717) is 5.56 Å². The molecule has 23 heavy (non-hydrogen) atoms. The number of nitrogens with zero attached hydrogens (tertiary/aromatic N) is 1. The van der Waals surface area contributed by atoms with Crippen molar-refractivity contribution >= 4 is 39.3 Å².